The van der Waals surface area contributed by atoms with Crippen molar-refractivity contribution in [3.63, 3.8) is 0 Å². The third kappa shape index (κ3) is 2.95. The Kier molecular flexibility index (Phi) is 3.74. The fourth-order valence-electron chi connectivity index (χ4n) is 1.33. The van der Waals surface area contributed by atoms with E-state index in [-0.39, 0.29) is 17.9 Å². The lowest BCUT2D eigenvalue weighted by Crippen LogP contribution is -2.09. The van der Waals surface area contributed by atoms with Crippen LogP contribution in [-0.2, 0) is 11.3 Å². The van der Waals surface area contributed by atoms with Crippen LogP contribution in [0.2, 0.25) is 5.02 Å². The molecule has 2 aromatic rings. The van der Waals surface area contributed by atoms with Gasteiger partial charge in [0.1, 0.15) is 0 Å². The highest BCUT2D eigenvalue weighted by atomic mass is 35.5. The van der Waals surface area contributed by atoms with Crippen LogP contribution < -0.4 is 5.73 Å². The van der Waals surface area contributed by atoms with Crippen molar-refractivity contribution in [2.45, 2.75) is 6.61 Å². The topological polar surface area (TPSA) is 78.1 Å². The van der Waals surface area contributed by atoms with Crippen molar-refractivity contribution < 1.29 is 9.53 Å². The second-order valence-electron chi connectivity index (χ2n) is 3.47. The predicted octanol–water partition coefficient (Wildman–Crippen LogP) is 2.07. The zero-order valence-electron chi connectivity index (χ0n) is 9.34. The Morgan fingerprint density at radius 1 is 1.33 bits per heavy atom. The van der Waals surface area contributed by atoms with E-state index in [9.17, 15) is 4.79 Å². The molecule has 2 N–H and O–H groups in total. The summed E-state index contributed by atoms with van der Waals surface area (Å²) in [6.07, 6.45) is 3.15. The van der Waals surface area contributed by atoms with Crippen LogP contribution in [0.3, 0.4) is 0 Å². The maximum atomic E-state index is 11.7. The van der Waals surface area contributed by atoms with E-state index in [2.05, 4.69) is 9.97 Å². The molecule has 1 aromatic carbocycles. The van der Waals surface area contributed by atoms with Crippen LogP contribution in [0.25, 0.3) is 0 Å². The van der Waals surface area contributed by atoms with Gasteiger partial charge >= 0.3 is 5.97 Å². The minimum absolute atomic E-state index is 0.00173. The molecule has 92 valence electrons. The molecule has 0 radical (unpaired) electrons. The van der Waals surface area contributed by atoms with Crippen LogP contribution in [-0.4, -0.2) is 15.9 Å². The fraction of sp³-hybridized carbons (Fsp3) is 0.0833. The third-order valence-electron chi connectivity index (χ3n) is 2.19. The largest absolute Gasteiger partial charge is 0.454 e. The van der Waals surface area contributed by atoms with E-state index < -0.39 is 5.97 Å². The van der Waals surface area contributed by atoms with Crippen molar-refractivity contribution >= 4 is 23.3 Å². The second kappa shape index (κ2) is 5.46. The van der Waals surface area contributed by atoms with Crippen molar-refractivity contribution in [3.05, 3.63) is 53.1 Å². The molecule has 0 aliphatic rings. The van der Waals surface area contributed by atoms with Gasteiger partial charge in [0.15, 0.2) is 12.4 Å². The molecule has 1 heterocycles. The van der Waals surface area contributed by atoms with E-state index >= 15 is 0 Å². The number of rotatable bonds is 3. The summed E-state index contributed by atoms with van der Waals surface area (Å²) in [5, 5.41) is 0.468. The number of nitrogens with two attached hydrogens (primary N) is 1. The monoisotopic (exact) mass is 263 g/mol. The minimum Gasteiger partial charge on any atom is -0.454 e. The number of aromatic nitrogens is 2. The predicted molar refractivity (Wildman–Crippen MR) is 67.0 cm³/mol. The Morgan fingerprint density at radius 3 is 2.72 bits per heavy atom. The molecule has 2 rings (SSSR count). The third-order valence-corrected chi connectivity index (χ3v) is 2.42. The number of hydrogen-bond donors (Lipinski definition) is 1. The Hall–Kier alpha value is -2.14. The van der Waals surface area contributed by atoms with Crippen LogP contribution in [0.5, 0.6) is 0 Å². The molecule has 0 amide bonds. The van der Waals surface area contributed by atoms with Gasteiger partial charge in [-0.05, 0) is 24.3 Å². The van der Waals surface area contributed by atoms with Crippen LogP contribution in [0.15, 0.2) is 36.7 Å². The Bertz CT molecular complexity index is 561. The lowest BCUT2D eigenvalue weighted by molar-refractivity contribution is 0.0463. The number of ether oxygens (including phenoxy) is 1. The molecular weight excluding hydrogens is 254 g/mol. The molecule has 0 bridgehead atoms. The number of halogens is 1. The molecule has 5 nitrogen and oxygen atoms in total. The Balaban J connectivity index is 2.04. The first-order valence-corrected chi connectivity index (χ1v) is 5.52. The number of anilines is 1. The maximum Gasteiger partial charge on any atom is 0.340 e. The summed E-state index contributed by atoms with van der Waals surface area (Å²) in [6.45, 7) is 0.00173. The van der Waals surface area contributed by atoms with Crippen LogP contribution in [0.4, 0.5) is 5.69 Å². The van der Waals surface area contributed by atoms with Crippen LogP contribution in [0, 0.1) is 0 Å². The molecule has 0 unspecified atom stereocenters. The second-order valence-corrected chi connectivity index (χ2v) is 3.91. The van der Waals surface area contributed by atoms with Gasteiger partial charge in [0.05, 0.1) is 5.56 Å². The van der Waals surface area contributed by atoms with Crippen molar-refractivity contribution in [2.24, 2.45) is 0 Å². The van der Waals surface area contributed by atoms with E-state index in [1.165, 1.54) is 12.1 Å². The summed E-state index contributed by atoms with van der Waals surface area (Å²) in [6, 6.07) is 6.28. The molecule has 1 aromatic heterocycles. The highest BCUT2D eigenvalue weighted by molar-refractivity contribution is 6.31. The molecule has 0 saturated heterocycles. The Labute approximate surface area is 109 Å². The van der Waals surface area contributed by atoms with Gasteiger partial charge < -0.3 is 10.5 Å². The lowest BCUT2D eigenvalue weighted by atomic mass is 10.2. The number of hydrogen-bond acceptors (Lipinski definition) is 5. The van der Waals surface area contributed by atoms with Crippen LogP contribution >= 0.6 is 11.6 Å². The van der Waals surface area contributed by atoms with Crippen molar-refractivity contribution in [3.8, 4) is 0 Å². The number of esters is 1. The molecule has 0 fully saturated rings. The summed E-state index contributed by atoms with van der Waals surface area (Å²) in [7, 11) is 0. The smallest absolute Gasteiger partial charge is 0.340 e. The molecule has 0 spiro atoms. The van der Waals surface area contributed by atoms with Crippen molar-refractivity contribution in [2.75, 3.05) is 5.73 Å². The number of carbonyl (C=O) groups excluding carboxylic acids is 1. The number of nitrogen functional groups attached to an aromatic ring is 1. The van der Waals surface area contributed by atoms with Gasteiger partial charge in [-0.15, -0.1) is 0 Å². The standard InChI is InChI=1S/C12H10ClN3O2/c13-8-2-3-9(10(14)6-8)12(17)18-7-11-15-4-1-5-16-11/h1-6H,7,14H2. The minimum atomic E-state index is -0.531. The molecule has 0 atom stereocenters. The van der Waals surface area contributed by atoms with Gasteiger partial charge in [-0.1, -0.05) is 11.6 Å². The van der Waals surface area contributed by atoms with E-state index in [0.29, 0.717) is 10.8 Å². The first-order valence-electron chi connectivity index (χ1n) is 5.15. The van der Waals surface area contributed by atoms with Gasteiger partial charge in [-0.25, -0.2) is 14.8 Å². The van der Waals surface area contributed by atoms with E-state index in [1.54, 1.807) is 24.5 Å². The van der Waals surface area contributed by atoms with Gasteiger partial charge in [-0.2, -0.15) is 0 Å². The highest BCUT2D eigenvalue weighted by Crippen LogP contribution is 2.18. The summed E-state index contributed by atoms with van der Waals surface area (Å²) >= 11 is 5.74. The van der Waals surface area contributed by atoms with Crippen LogP contribution in [0.1, 0.15) is 16.2 Å². The molecular formula is C12H10ClN3O2. The quantitative estimate of drug-likeness (QED) is 0.677. The molecule has 0 saturated carbocycles. The normalized spacial score (nSPS) is 10.1. The van der Waals surface area contributed by atoms with Gasteiger partial charge in [0.2, 0.25) is 0 Å². The summed E-state index contributed by atoms with van der Waals surface area (Å²) in [4.78, 5) is 19.6. The number of benzene rings is 1. The first-order chi connectivity index (χ1) is 8.66. The van der Waals surface area contributed by atoms with Gasteiger partial charge in [-0.3, -0.25) is 0 Å². The average molecular weight is 264 g/mol. The summed E-state index contributed by atoms with van der Waals surface area (Å²) < 4.78 is 5.05. The Morgan fingerprint density at radius 2 is 2.06 bits per heavy atom. The maximum absolute atomic E-state index is 11.7. The van der Waals surface area contributed by atoms with E-state index in [4.69, 9.17) is 22.1 Å². The van der Waals surface area contributed by atoms with E-state index in [1.807, 2.05) is 0 Å². The van der Waals surface area contributed by atoms with E-state index in [0.717, 1.165) is 0 Å². The fourth-order valence-corrected chi connectivity index (χ4v) is 1.51. The number of nitrogens with zero attached hydrogens (tertiary/aromatic N) is 2. The molecule has 18 heavy (non-hydrogen) atoms. The number of carbonyl (C=O) groups is 1. The molecule has 0 aliphatic heterocycles. The lowest BCUT2D eigenvalue weighted by Gasteiger charge is -2.06. The SMILES string of the molecule is Nc1cc(Cl)ccc1C(=O)OCc1ncccn1. The molecule has 0 aliphatic carbocycles. The zero-order chi connectivity index (χ0) is 13.0. The summed E-state index contributed by atoms with van der Waals surface area (Å²) in [5.41, 5.74) is 6.23. The average Bonchev–Trinajstić information content (AvgIpc) is 2.37. The summed E-state index contributed by atoms with van der Waals surface area (Å²) in [5.74, 6) is -0.102. The first kappa shape index (κ1) is 12.3. The molecule has 6 heteroatoms. The van der Waals surface area contributed by atoms with Crippen molar-refractivity contribution in [1.29, 1.82) is 0 Å². The highest BCUT2D eigenvalue weighted by Gasteiger charge is 2.12. The van der Waals surface area contributed by atoms with Gasteiger partial charge in [0.25, 0.3) is 0 Å². The zero-order valence-corrected chi connectivity index (χ0v) is 10.1. The van der Waals surface area contributed by atoms with Crippen molar-refractivity contribution in [1.82, 2.24) is 9.97 Å². The van der Waals surface area contributed by atoms with Gasteiger partial charge in [0, 0.05) is 23.1 Å².